The Bertz CT molecular complexity index is 691. The molecule has 136 valence electrons. The number of carbonyl (C=O) groups is 2. The van der Waals surface area contributed by atoms with E-state index in [9.17, 15) is 24.8 Å². The quantitative estimate of drug-likeness (QED) is 0.161. The fraction of sp³-hybridized carbons (Fsp3) is 0.375. The van der Waals surface area contributed by atoms with E-state index in [2.05, 4.69) is 0 Å². The lowest BCUT2D eigenvalue weighted by Crippen LogP contribution is -2.54. The lowest BCUT2D eigenvalue weighted by molar-refractivity contribution is -0.387. The monoisotopic (exact) mass is 368 g/mol. The number of nitrogens with two attached hydrogens (primary N) is 1. The third kappa shape index (κ3) is 5.66. The van der Waals surface area contributed by atoms with Gasteiger partial charge in [0, 0.05) is 18.1 Å². The van der Waals surface area contributed by atoms with Gasteiger partial charge in [-0.1, -0.05) is 12.1 Å². The van der Waals surface area contributed by atoms with Gasteiger partial charge >= 0.3 is 5.97 Å². The smallest absolute Gasteiger partial charge is 0.331 e. The number of nitro benzene ring substituents is 1. The van der Waals surface area contributed by atoms with Gasteiger partial charge in [-0.25, -0.2) is 4.79 Å². The fourth-order valence-corrected chi connectivity index (χ4v) is 2.78. The van der Waals surface area contributed by atoms with E-state index in [1.165, 1.54) is 12.1 Å². The highest BCUT2D eigenvalue weighted by Crippen LogP contribution is 2.30. The number of hydrogen-bond donors (Lipinski definition) is 2. The van der Waals surface area contributed by atoms with E-state index in [0.717, 1.165) is 23.7 Å². The number of aryl methyl sites for hydroxylation is 1. The van der Waals surface area contributed by atoms with Crippen LogP contribution in [-0.2, 0) is 13.8 Å². The molecule has 0 saturated carbocycles. The summed E-state index contributed by atoms with van der Waals surface area (Å²) in [6.45, 7) is 3.48. The van der Waals surface area contributed by atoms with Crippen LogP contribution in [0.3, 0.4) is 0 Å². The average Bonchev–Trinajstić information content (AvgIpc) is 2.54. The minimum Gasteiger partial charge on any atom is -0.480 e. The molecule has 0 aliphatic heterocycles. The highest BCUT2D eigenvalue weighted by atomic mass is 32.2. The van der Waals surface area contributed by atoms with Crippen LogP contribution in [0.2, 0.25) is 0 Å². The first-order chi connectivity index (χ1) is 11.7. The number of rotatable bonds is 10. The molecule has 1 aromatic carbocycles. The van der Waals surface area contributed by atoms with Gasteiger partial charge in [0.25, 0.3) is 5.69 Å². The normalized spacial score (nSPS) is 13.6. The van der Waals surface area contributed by atoms with Gasteiger partial charge in [-0.15, -0.1) is 0 Å². The van der Waals surface area contributed by atoms with Crippen LogP contribution in [0.15, 0.2) is 35.2 Å². The maximum Gasteiger partial charge on any atom is 0.331 e. The third-order valence-electron chi connectivity index (χ3n) is 3.40. The molecule has 0 aliphatic rings. The molecule has 3 N–H and O–H groups in total. The van der Waals surface area contributed by atoms with Crippen molar-refractivity contribution in [1.82, 2.24) is 0 Å². The van der Waals surface area contributed by atoms with Gasteiger partial charge in [0.1, 0.15) is 4.90 Å². The van der Waals surface area contributed by atoms with Crippen LogP contribution in [-0.4, -0.2) is 33.9 Å². The van der Waals surface area contributed by atoms with Crippen molar-refractivity contribution < 1.29 is 23.8 Å². The zero-order chi connectivity index (χ0) is 19.0. The second kappa shape index (κ2) is 9.30. The highest BCUT2D eigenvalue weighted by molar-refractivity contribution is 7.94. The number of nitro groups is 1. The summed E-state index contributed by atoms with van der Waals surface area (Å²) in [6, 6.07) is 4.65. The topological polar surface area (TPSA) is 133 Å². The molecule has 0 radical (unpaired) electrons. The molecule has 1 atom stereocenters. The summed E-state index contributed by atoms with van der Waals surface area (Å²) in [7, 11) is 0. The lowest BCUT2D eigenvalue weighted by atomic mass is 9.89. The highest BCUT2D eigenvalue weighted by Gasteiger charge is 2.39. The average molecular weight is 368 g/mol. The van der Waals surface area contributed by atoms with Crippen LogP contribution in [0.4, 0.5) is 5.69 Å². The molecule has 9 heteroatoms. The Labute approximate surface area is 149 Å². The van der Waals surface area contributed by atoms with Crippen molar-refractivity contribution in [3.8, 4) is 0 Å². The van der Waals surface area contributed by atoms with Gasteiger partial charge in [-0.05, 0) is 44.4 Å². The number of aliphatic carboxylic acids is 1. The first-order valence-electron chi connectivity index (χ1n) is 7.46. The number of allylic oxidation sites excluding steroid dienone is 1. The molecule has 0 unspecified atom stereocenters. The largest absolute Gasteiger partial charge is 0.480 e. The van der Waals surface area contributed by atoms with Gasteiger partial charge in [0.05, 0.1) is 11.5 Å². The van der Waals surface area contributed by atoms with Gasteiger partial charge in [0.15, 0.2) is 11.3 Å². The predicted molar refractivity (Wildman–Crippen MR) is 93.3 cm³/mol. The summed E-state index contributed by atoms with van der Waals surface area (Å²) in [5.74, 6) is -2.10. The van der Waals surface area contributed by atoms with E-state index < -0.39 is 22.2 Å². The maximum absolute atomic E-state index is 11.8. The molecule has 0 aliphatic carbocycles. The first kappa shape index (κ1) is 20.8. The number of carbonyl (C=O) groups excluding carboxylic acids is 1. The lowest BCUT2D eigenvalue weighted by Gasteiger charge is -2.21. The number of ketones is 1. The van der Waals surface area contributed by atoms with Crippen LogP contribution in [0.1, 0.15) is 25.3 Å². The fourth-order valence-electron chi connectivity index (χ4n) is 1.99. The number of nitrogens with zero attached hydrogens (tertiary/aromatic N) is 1. The van der Waals surface area contributed by atoms with Crippen molar-refractivity contribution in [2.45, 2.75) is 37.1 Å². The SMILES string of the molecule is CC=CC(=O)[C@@](N)(CCCOSc1cc(C)ccc1[N+](=O)[O-])C(=O)O. The molecular formula is C16H20N2O6S. The van der Waals surface area contributed by atoms with E-state index in [0.29, 0.717) is 4.90 Å². The van der Waals surface area contributed by atoms with E-state index in [-0.39, 0.29) is 25.1 Å². The minimum absolute atomic E-state index is 0.0717. The van der Waals surface area contributed by atoms with Crippen molar-refractivity contribution in [3.63, 3.8) is 0 Å². The Morgan fingerprint density at radius 3 is 2.72 bits per heavy atom. The van der Waals surface area contributed by atoms with Crippen LogP contribution in [0.5, 0.6) is 0 Å². The summed E-state index contributed by atoms with van der Waals surface area (Å²) in [5, 5.41) is 20.2. The molecule has 0 heterocycles. The Hall–Kier alpha value is -2.23. The molecule has 0 amide bonds. The zero-order valence-electron chi connectivity index (χ0n) is 13.9. The first-order valence-corrected chi connectivity index (χ1v) is 8.20. The standard InChI is InChI=1S/C16H20N2O6S/c1-3-5-14(19)16(17,15(20)21)8-4-9-24-25-13-10-11(2)6-7-12(13)18(22)23/h3,5-7,10H,4,8-9,17H2,1-2H3,(H,20,21)/t16-/m0/s1. The summed E-state index contributed by atoms with van der Waals surface area (Å²) in [6.07, 6.45) is 2.65. The molecule has 8 nitrogen and oxygen atoms in total. The molecule has 0 spiro atoms. The van der Waals surface area contributed by atoms with Crippen molar-refractivity contribution in [2.75, 3.05) is 6.61 Å². The van der Waals surface area contributed by atoms with E-state index in [4.69, 9.17) is 9.92 Å². The Balaban J connectivity index is 2.61. The molecule has 0 fully saturated rings. The Kier molecular flexibility index (Phi) is 7.75. The van der Waals surface area contributed by atoms with Crippen LogP contribution < -0.4 is 5.73 Å². The van der Waals surface area contributed by atoms with Crippen molar-refractivity contribution in [3.05, 3.63) is 46.0 Å². The van der Waals surface area contributed by atoms with Crippen molar-refractivity contribution in [2.24, 2.45) is 5.73 Å². The van der Waals surface area contributed by atoms with Crippen molar-refractivity contribution >= 4 is 29.5 Å². The summed E-state index contributed by atoms with van der Waals surface area (Å²) >= 11 is 0.838. The summed E-state index contributed by atoms with van der Waals surface area (Å²) in [5.41, 5.74) is 4.47. The van der Waals surface area contributed by atoms with E-state index in [1.807, 2.05) is 0 Å². The molecule has 0 bridgehead atoms. The predicted octanol–water partition coefficient (Wildman–Crippen LogP) is 2.63. The summed E-state index contributed by atoms with van der Waals surface area (Å²) < 4.78 is 5.31. The van der Waals surface area contributed by atoms with Gasteiger partial charge in [-0.2, -0.15) is 0 Å². The van der Waals surface area contributed by atoms with Crippen molar-refractivity contribution in [1.29, 1.82) is 0 Å². The second-order valence-electron chi connectivity index (χ2n) is 5.38. The van der Waals surface area contributed by atoms with Gasteiger partial charge in [-0.3, -0.25) is 14.9 Å². The van der Waals surface area contributed by atoms with E-state index in [1.54, 1.807) is 26.0 Å². The number of benzene rings is 1. The molecule has 1 aromatic rings. The maximum atomic E-state index is 11.8. The molecule has 0 saturated heterocycles. The molecule has 0 aromatic heterocycles. The van der Waals surface area contributed by atoms with Gasteiger partial charge in [0.2, 0.25) is 0 Å². The zero-order valence-corrected chi connectivity index (χ0v) is 14.7. The molecule has 25 heavy (non-hydrogen) atoms. The minimum atomic E-state index is -2.00. The van der Waals surface area contributed by atoms with Crippen LogP contribution >= 0.6 is 12.0 Å². The number of hydrogen-bond acceptors (Lipinski definition) is 7. The van der Waals surface area contributed by atoms with Crippen LogP contribution in [0.25, 0.3) is 0 Å². The Morgan fingerprint density at radius 2 is 2.16 bits per heavy atom. The second-order valence-corrected chi connectivity index (χ2v) is 6.22. The molecule has 1 rings (SSSR count). The number of carboxylic acid groups (broad SMARTS) is 1. The number of carboxylic acids is 1. The Morgan fingerprint density at radius 1 is 1.48 bits per heavy atom. The third-order valence-corrected chi connectivity index (χ3v) is 4.19. The van der Waals surface area contributed by atoms with Crippen LogP contribution in [0, 0.1) is 17.0 Å². The van der Waals surface area contributed by atoms with Gasteiger partial charge < -0.3 is 15.0 Å². The molecular weight excluding hydrogens is 348 g/mol. The summed E-state index contributed by atoms with van der Waals surface area (Å²) in [4.78, 5) is 33.9. The van der Waals surface area contributed by atoms with E-state index >= 15 is 0 Å².